The van der Waals surface area contributed by atoms with Crippen molar-refractivity contribution in [2.24, 2.45) is 4.99 Å². The van der Waals surface area contributed by atoms with Crippen LogP contribution in [0.4, 0.5) is 0 Å². The highest BCUT2D eigenvalue weighted by atomic mass is 16.5. The number of fused-ring (bicyclic) bond motifs is 3. The van der Waals surface area contributed by atoms with Crippen molar-refractivity contribution in [1.82, 2.24) is 4.90 Å². The van der Waals surface area contributed by atoms with Gasteiger partial charge in [0.15, 0.2) is 0 Å². The van der Waals surface area contributed by atoms with E-state index >= 15 is 0 Å². The third kappa shape index (κ3) is 3.88. The number of carbonyl (C=O) groups is 1. The van der Waals surface area contributed by atoms with Crippen LogP contribution in [0.5, 0.6) is 0 Å². The smallest absolute Gasteiger partial charge is 0.295 e. The summed E-state index contributed by atoms with van der Waals surface area (Å²) in [7, 11) is 1.48. The largest absolute Gasteiger partial charge is 0.465 e. The second-order valence-corrected chi connectivity index (χ2v) is 5.82. The van der Waals surface area contributed by atoms with Gasteiger partial charge in [-0.05, 0) is 29.2 Å². The van der Waals surface area contributed by atoms with Gasteiger partial charge in [0.1, 0.15) is 6.61 Å². The van der Waals surface area contributed by atoms with Crippen molar-refractivity contribution in [2.75, 3.05) is 20.3 Å². The first kappa shape index (κ1) is 17.2. The number of carbonyl (C=O) groups excluding carboxylic acids is 1. The predicted octanol–water partition coefficient (Wildman–Crippen LogP) is 3.23. The summed E-state index contributed by atoms with van der Waals surface area (Å²) >= 11 is 0. The SMILES string of the molecule is CCO/C(=N\C(=O)COC)N1Cc2ccccc2-c2ccccc2C1. The molecule has 0 fully saturated rings. The zero-order valence-corrected chi connectivity index (χ0v) is 14.6. The summed E-state index contributed by atoms with van der Waals surface area (Å²) in [5.41, 5.74) is 4.78. The van der Waals surface area contributed by atoms with Crippen molar-refractivity contribution < 1.29 is 14.3 Å². The summed E-state index contributed by atoms with van der Waals surface area (Å²) in [5, 5.41) is 0. The Balaban J connectivity index is 2.02. The van der Waals surface area contributed by atoms with Gasteiger partial charge in [-0.15, -0.1) is 0 Å². The van der Waals surface area contributed by atoms with Gasteiger partial charge in [-0.2, -0.15) is 4.99 Å². The third-order valence-corrected chi connectivity index (χ3v) is 4.08. The first-order chi connectivity index (χ1) is 12.2. The molecule has 0 unspecified atom stereocenters. The van der Waals surface area contributed by atoms with Gasteiger partial charge in [-0.3, -0.25) is 4.79 Å². The van der Waals surface area contributed by atoms with E-state index in [9.17, 15) is 4.79 Å². The maximum atomic E-state index is 11.9. The number of methoxy groups -OCH3 is 1. The molecule has 1 heterocycles. The molecule has 2 aromatic rings. The molecule has 0 aromatic heterocycles. The number of aliphatic imine (C=N–C) groups is 1. The molecule has 5 heteroatoms. The van der Waals surface area contributed by atoms with Crippen molar-refractivity contribution in [2.45, 2.75) is 20.0 Å². The van der Waals surface area contributed by atoms with E-state index in [1.165, 1.54) is 29.4 Å². The molecule has 25 heavy (non-hydrogen) atoms. The van der Waals surface area contributed by atoms with Crippen molar-refractivity contribution in [1.29, 1.82) is 0 Å². The lowest BCUT2D eigenvalue weighted by Crippen LogP contribution is -2.32. The molecule has 0 spiro atoms. The number of ether oxygens (including phenoxy) is 2. The molecule has 130 valence electrons. The van der Waals surface area contributed by atoms with Crippen LogP contribution in [0.2, 0.25) is 0 Å². The summed E-state index contributed by atoms with van der Waals surface area (Å²) in [4.78, 5) is 18.1. The maximum absolute atomic E-state index is 11.9. The number of nitrogens with zero attached hydrogens (tertiary/aromatic N) is 2. The van der Waals surface area contributed by atoms with Crippen molar-refractivity contribution >= 4 is 11.9 Å². The Hall–Kier alpha value is -2.66. The lowest BCUT2D eigenvalue weighted by Gasteiger charge is -2.24. The third-order valence-electron chi connectivity index (χ3n) is 4.08. The lowest BCUT2D eigenvalue weighted by molar-refractivity contribution is -0.121. The minimum absolute atomic E-state index is 0.0579. The Morgan fingerprint density at radius 1 is 1.04 bits per heavy atom. The summed E-state index contributed by atoms with van der Waals surface area (Å²) < 4.78 is 10.6. The highest BCUT2D eigenvalue weighted by Gasteiger charge is 2.22. The van der Waals surface area contributed by atoms with Gasteiger partial charge in [-0.25, -0.2) is 0 Å². The topological polar surface area (TPSA) is 51.1 Å². The van der Waals surface area contributed by atoms with E-state index in [1.807, 2.05) is 36.1 Å². The van der Waals surface area contributed by atoms with Crippen LogP contribution in [0, 0.1) is 0 Å². The normalized spacial score (nSPS) is 13.7. The van der Waals surface area contributed by atoms with Crippen LogP contribution >= 0.6 is 0 Å². The molecule has 2 aromatic carbocycles. The van der Waals surface area contributed by atoms with Crippen molar-refractivity contribution in [3.05, 3.63) is 59.7 Å². The summed E-state index contributed by atoms with van der Waals surface area (Å²) in [5.74, 6) is -0.350. The van der Waals surface area contributed by atoms with Gasteiger partial charge < -0.3 is 14.4 Å². The second kappa shape index (κ2) is 7.94. The van der Waals surface area contributed by atoms with Gasteiger partial charge in [0, 0.05) is 20.2 Å². The zero-order chi connectivity index (χ0) is 17.6. The number of amides is 1. The van der Waals surface area contributed by atoms with Crippen LogP contribution in [-0.4, -0.2) is 37.2 Å². The van der Waals surface area contributed by atoms with E-state index < -0.39 is 0 Å². The van der Waals surface area contributed by atoms with Crippen LogP contribution in [0.3, 0.4) is 0 Å². The van der Waals surface area contributed by atoms with E-state index in [1.54, 1.807) is 0 Å². The van der Waals surface area contributed by atoms with Gasteiger partial charge in [0.2, 0.25) is 0 Å². The van der Waals surface area contributed by atoms with Crippen LogP contribution in [0.25, 0.3) is 11.1 Å². The van der Waals surface area contributed by atoms with Crippen LogP contribution in [0.15, 0.2) is 53.5 Å². The molecule has 0 bridgehead atoms. The Morgan fingerprint density at radius 3 is 2.12 bits per heavy atom. The molecule has 0 saturated carbocycles. The molecule has 0 radical (unpaired) electrons. The number of benzene rings is 2. The minimum atomic E-state index is -0.350. The highest BCUT2D eigenvalue weighted by Crippen LogP contribution is 2.32. The Kier molecular flexibility index (Phi) is 5.46. The molecule has 0 aliphatic carbocycles. The molecule has 0 atom stereocenters. The van der Waals surface area contributed by atoms with E-state index in [0.29, 0.717) is 25.7 Å². The highest BCUT2D eigenvalue weighted by molar-refractivity contribution is 5.91. The van der Waals surface area contributed by atoms with Gasteiger partial charge in [0.05, 0.1) is 6.61 Å². The predicted molar refractivity (Wildman–Crippen MR) is 97.1 cm³/mol. The molecule has 1 amide bonds. The Bertz CT molecular complexity index is 739. The van der Waals surface area contributed by atoms with E-state index in [4.69, 9.17) is 9.47 Å². The standard InChI is InChI=1S/C20H22N2O3/c1-3-25-20(21-19(23)14-24-2)22-12-15-8-4-6-10-17(15)18-11-7-5-9-16(18)13-22/h4-11H,3,12-14H2,1-2H3/b21-20-. The number of hydrogen-bond donors (Lipinski definition) is 0. The fraction of sp³-hybridized carbons (Fsp3) is 0.300. The van der Waals surface area contributed by atoms with Gasteiger partial charge in [-0.1, -0.05) is 48.5 Å². The zero-order valence-electron chi connectivity index (χ0n) is 14.6. The maximum Gasteiger partial charge on any atom is 0.295 e. The molecule has 3 rings (SSSR count). The lowest BCUT2D eigenvalue weighted by atomic mass is 9.97. The molecular weight excluding hydrogens is 316 g/mol. The molecular formula is C20H22N2O3. The van der Waals surface area contributed by atoms with E-state index in [0.717, 1.165) is 0 Å². The fourth-order valence-electron chi connectivity index (χ4n) is 3.03. The summed E-state index contributed by atoms with van der Waals surface area (Å²) in [6.07, 6.45) is 0. The van der Waals surface area contributed by atoms with E-state index in [-0.39, 0.29) is 12.5 Å². The number of rotatable bonds is 3. The molecule has 0 saturated heterocycles. The average molecular weight is 338 g/mol. The number of hydrogen-bond acceptors (Lipinski definition) is 3. The van der Waals surface area contributed by atoms with Crippen LogP contribution in [-0.2, 0) is 27.4 Å². The monoisotopic (exact) mass is 338 g/mol. The van der Waals surface area contributed by atoms with Crippen LogP contribution < -0.4 is 0 Å². The summed E-state index contributed by atoms with van der Waals surface area (Å²) in [6, 6.07) is 17.0. The fourth-order valence-corrected chi connectivity index (χ4v) is 3.03. The first-order valence-electron chi connectivity index (χ1n) is 8.37. The van der Waals surface area contributed by atoms with E-state index in [2.05, 4.69) is 29.3 Å². The van der Waals surface area contributed by atoms with Crippen molar-refractivity contribution in [3.63, 3.8) is 0 Å². The van der Waals surface area contributed by atoms with Gasteiger partial charge >= 0.3 is 0 Å². The van der Waals surface area contributed by atoms with Crippen LogP contribution in [0.1, 0.15) is 18.1 Å². The second-order valence-electron chi connectivity index (χ2n) is 5.82. The van der Waals surface area contributed by atoms with Gasteiger partial charge in [0.25, 0.3) is 11.9 Å². The quantitative estimate of drug-likeness (QED) is 0.637. The minimum Gasteiger partial charge on any atom is -0.465 e. The van der Waals surface area contributed by atoms with Crippen molar-refractivity contribution in [3.8, 4) is 11.1 Å². The summed E-state index contributed by atoms with van der Waals surface area (Å²) in [6.45, 7) is 3.53. The molecule has 5 nitrogen and oxygen atoms in total. The first-order valence-corrected chi connectivity index (χ1v) is 8.37. The number of amidine groups is 1. The molecule has 0 N–H and O–H groups in total. The Labute approximate surface area is 147 Å². The molecule has 1 aliphatic rings. The molecule has 1 aliphatic heterocycles. The average Bonchev–Trinajstić information content (AvgIpc) is 2.78. The Morgan fingerprint density at radius 2 is 1.60 bits per heavy atom.